The summed E-state index contributed by atoms with van der Waals surface area (Å²) in [5.41, 5.74) is 1.80. The molecule has 1 saturated heterocycles. The molecule has 3 heteroatoms. The van der Waals surface area contributed by atoms with Crippen LogP contribution in [0.1, 0.15) is 34.8 Å². The summed E-state index contributed by atoms with van der Waals surface area (Å²) in [5, 5.41) is 3.32. The number of pyridine rings is 1. The van der Waals surface area contributed by atoms with E-state index in [-0.39, 0.29) is 0 Å². The third-order valence-electron chi connectivity index (χ3n) is 2.70. The summed E-state index contributed by atoms with van der Waals surface area (Å²) in [6, 6.07) is 3.65. The molecule has 0 aromatic carbocycles. The monoisotopic (exact) mass is 190 g/mol. The molecule has 0 unspecified atom stereocenters. The Morgan fingerprint density at radius 3 is 2.93 bits per heavy atom. The normalized spacial score (nSPS) is 18.0. The second-order valence-electron chi connectivity index (χ2n) is 3.66. The first-order valence-corrected chi connectivity index (χ1v) is 5.02. The van der Waals surface area contributed by atoms with Gasteiger partial charge < -0.3 is 5.32 Å². The maximum atomic E-state index is 10.6. The van der Waals surface area contributed by atoms with Crippen molar-refractivity contribution in [3.63, 3.8) is 0 Å². The molecule has 0 aliphatic carbocycles. The Morgan fingerprint density at radius 1 is 1.43 bits per heavy atom. The first kappa shape index (κ1) is 9.34. The fourth-order valence-electron chi connectivity index (χ4n) is 1.88. The van der Waals surface area contributed by atoms with Crippen LogP contribution in [-0.2, 0) is 0 Å². The van der Waals surface area contributed by atoms with Crippen molar-refractivity contribution in [3.8, 4) is 0 Å². The van der Waals surface area contributed by atoms with Crippen molar-refractivity contribution < 1.29 is 4.79 Å². The van der Waals surface area contributed by atoms with Gasteiger partial charge in [-0.15, -0.1) is 0 Å². The molecule has 3 nitrogen and oxygen atoms in total. The Balaban J connectivity index is 2.17. The zero-order valence-electron chi connectivity index (χ0n) is 8.07. The van der Waals surface area contributed by atoms with Gasteiger partial charge in [0.15, 0.2) is 0 Å². The quantitative estimate of drug-likeness (QED) is 0.716. The molecule has 1 aliphatic rings. The molecule has 1 fully saturated rings. The predicted molar refractivity (Wildman–Crippen MR) is 54.5 cm³/mol. The van der Waals surface area contributed by atoms with Gasteiger partial charge in [0.2, 0.25) is 0 Å². The molecule has 2 heterocycles. The average molecular weight is 190 g/mol. The summed E-state index contributed by atoms with van der Waals surface area (Å²) in [7, 11) is 0. The van der Waals surface area contributed by atoms with E-state index in [2.05, 4.69) is 10.3 Å². The Labute approximate surface area is 83.5 Å². The standard InChI is InChI=1S/C11H14N2O/c14-8-9-1-6-13-11(7-9)10-2-4-12-5-3-10/h1,6-8,10,12H,2-5H2. The van der Waals surface area contributed by atoms with Crippen molar-refractivity contribution in [2.24, 2.45) is 0 Å². The number of rotatable bonds is 2. The van der Waals surface area contributed by atoms with E-state index >= 15 is 0 Å². The minimum atomic E-state index is 0.524. The van der Waals surface area contributed by atoms with Crippen LogP contribution in [0.3, 0.4) is 0 Å². The lowest BCUT2D eigenvalue weighted by molar-refractivity contribution is 0.112. The zero-order valence-corrected chi connectivity index (χ0v) is 8.07. The van der Waals surface area contributed by atoms with E-state index in [1.807, 2.05) is 6.07 Å². The average Bonchev–Trinajstić information content (AvgIpc) is 2.30. The zero-order chi connectivity index (χ0) is 9.80. The molecule has 0 radical (unpaired) electrons. The van der Waals surface area contributed by atoms with E-state index in [9.17, 15) is 4.79 Å². The fraction of sp³-hybridized carbons (Fsp3) is 0.455. The van der Waals surface area contributed by atoms with Crippen molar-refractivity contribution in [2.75, 3.05) is 13.1 Å². The molecule has 0 bridgehead atoms. The fourth-order valence-corrected chi connectivity index (χ4v) is 1.88. The van der Waals surface area contributed by atoms with Gasteiger partial charge in [-0.1, -0.05) is 0 Å². The maximum absolute atomic E-state index is 10.6. The lowest BCUT2D eigenvalue weighted by atomic mass is 9.93. The highest BCUT2D eigenvalue weighted by Gasteiger charge is 2.16. The first-order valence-electron chi connectivity index (χ1n) is 5.02. The van der Waals surface area contributed by atoms with Gasteiger partial charge in [-0.25, -0.2) is 0 Å². The number of hydrogen-bond acceptors (Lipinski definition) is 3. The molecule has 2 rings (SSSR count). The Kier molecular flexibility index (Phi) is 2.89. The Morgan fingerprint density at radius 2 is 2.21 bits per heavy atom. The van der Waals surface area contributed by atoms with Gasteiger partial charge in [0.05, 0.1) is 0 Å². The molecule has 0 amide bonds. The van der Waals surface area contributed by atoms with Crippen molar-refractivity contribution in [3.05, 3.63) is 29.6 Å². The summed E-state index contributed by atoms with van der Waals surface area (Å²) in [5.74, 6) is 0.524. The third kappa shape index (κ3) is 1.99. The lowest BCUT2D eigenvalue weighted by Crippen LogP contribution is -2.27. The summed E-state index contributed by atoms with van der Waals surface area (Å²) in [6.07, 6.45) is 4.85. The van der Waals surface area contributed by atoms with Gasteiger partial charge in [0.25, 0.3) is 0 Å². The van der Waals surface area contributed by atoms with Crippen LogP contribution in [0.4, 0.5) is 0 Å². The van der Waals surface area contributed by atoms with Gasteiger partial charge in [-0.05, 0) is 38.1 Å². The number of carbonyl (C=O) groups excluding carboxylic acids is 1. The largest absolute Gasteiger partial charge is 0.317 e. The lowest BCUT2D eigenvalue weighted by Gasteiger charge is -2.21. The van der Waals surface area contributed by atoms with Crippen LogP contribution in [0.15, 0.2) is 18.3 Å². The minimum Gasteiger partial charge on any atom is -0.317 e. The van der Waals surface area contributed by atoms with Crippen molar-refractivity contribution in [1.82, 2.24) is 10.3 Å². The highest BCUT2D eigenvalue weighted by molar-refractivity contribution is 5.74. The van der Waals surface area contributed by atoms with Crippen LogP contribution in [0.2, 0.25) is 0 Å². The second-order valence-corrected chi connectivity index (χ2v) is 3.66. The SMILES string of the molecule is O=Cc1ccnc(C2CCNCC2)c1. The Hall–Kier alpha value is -1.22. The predicted octanol–water partition coefficient (Wildman–Crippen LogP) is 1.36. The number of nitrogens with one attached hydrogen (secondary N) is 1. The van der Waals surface area contributed by atoms with Crippen molar-refractivity contribution in [2.45, 2.75) is 18.8 Å². The van der Waals surface area contributed by atoms with Crippen molar-refractivity contribution in [1.29, 1.82) is 0 Å². The van der Waals surface area contributed by atoms with Crippen LogP contribution >= 0.6 is 0 Å². The second kappa shape index (κ2) is 4.33. The number of hydrogen-bond donors (Lipinski definition) is 1. The maximum Gasteiger partial charge on any atom is 0.150 e. The summed E-state index contributed by atoms with van der Waals surface area (Å²) < 4.78 is 0. The molecule has 1 aromatic rings. The molecule has 1 aliphatic heterocycles. The summed E-state index contributed by atoms with van der Waals surface area (Å²) in [6.45, 7) is 2.11. The van der Waals surface area contributed by atoms with E-state index in [4.69, 9.17) is 0 Å². The molecule has 1 aromatic heterocycles. The number of piperidine rings is 1. The van der Waals surface area contributed by atoms with Gasteiger partial charge in [-0.2, -0.15) is 0 Å². The molecule has 0 atom stereocenters. The van der Waals surface area contributed by atoms with E-state index < -0.39 is 0 Å². The smallest absolute Gasteiger partial charge is 0.150 e. The molecule has 0 saturated carbocycles. The van der Waals surface area contributed by atoms with Gasteiger partial charge in [0, 0.05) is 23.4 Å². The topological polar surface area (TPSA) is 42.0 Å². The van der Waals surface area contributed by atoms with E-state index in [0.29, 0.717) is 5.92 Å². The molecule has 0 spiro atoms. The van der Waals surface area contributed by atoms with E-state index in [1.54, 1.807) is 12.3 Å². The molecule has 1 N–H and O–H groups in total. The van der Waals surface area contributed by atoms with Crippen LogP contribution in [-0.4, -0.2) is 24.4 Å². The number of aromatic nitrogens is 1. The summed E-state index contributed by atoms with van der Waals surface area (Å²) >= 11 is 0. The van der Waals surface area contributed by atoms with Gasteiger partial charge in [-0.3, -0.25) is 9.78 Å². The van der Waals surface area contributed by atoms with Gasteiger partial charge in [0.1, 0.15) is 6.29 Å². The van der Waals surface area contributed by atoms with Gasteiger partial charge >= 0.3 is 0 Å². The molecular weight excluding hydrogens is 176 g/mol. The summed E-state index contributed by atoms with van der Waals surface area (Å²) in [4.78, 5) is 14.9. The highest BCUT2D eigenvalue weighted by atomic mass is 16.1. The first-order chi connectivity index (χ1) is 6.90. The molecule has 74 valence electrons. The van der Waals surface area contributed by atoms with Crippen LogP contribution in [0.25, 0.3) is 0 Å². The van der Waals surface area contributed by atoms with E-state index in [1.165, 1.54) is 0 Å². The number of nitrogens with zero attached hydrogens (tertiary/aromatic N) is 1. The highest BCUT2D eigenvalue weighted by Crippen LogP contribution is 2.23. The van der Waals surface area contributed by atoms with E-state index in [0.717, 1.165) is 43.5 Å². The molecular formula is C11H14N2O. The van der Waals surface area contributed by atoms with Crippen molar-refractivity contribution >= 4 is 6.29 Å². The van der Waals surface area contributed by atoms with Crippen LogP contribution in [0, 0.1) is 0 Å². The third-order valence-corrected chi connectivity index (χ3v) is 2.70. The number of carbonyl (C=O) groups is 1. The van der Waals surface area contributed by atoms with Crippen LogP contribution < -0.4 is 5.32 Å². The Bertz CT molecular complexity index is 319. The minimum absolute atomic E-state index is 0.524. The molecule has 14 heavy (non-hydrogen) atoms. The van der Waals surface area contributed by atoms with Crippen LogP contribution in [0.5, 0.6) is 0 Å². The number of aldehydes is 1.